The zero-order valence-corrected chi connectivity index (χ0v) is 17.7. The molecule has 1 heterocycles. The Morgan fingerprint density at radius 3 is 2.61 bits per heavy atom. The quantitative estimate of drug-likeness (QED) is 0.719. The molecule has 1 aliphatic rings. The minimum atomic E-state index is -0.628. The summed E-state index contributed by atoms with van der Waals surface area (Å²) < 4.78 is 5.72. The maximum absolute atomic E-state index is 10.3. The molecule has 1 aromatic heterocycles. The van der Waals surface area contributed by atoms with Crippen LogP contribution < -0.4 is 4.74 Å². The molecular formula is C23H28N2O2S. The molecule has 0 radical (unpaired) electrons. The van der Waals surface area contributed by atoms with Gasteiger partial charge in [-0.15, -0.1) is 11.8 Å². The maximum atomic E-state index is 10.3. The molecule has 28 heavy (non-hydrogen) atoms. The van der Waals surface area contributed by atoms with Crippen molar-refractivity contribution < 1.29 is 9.84 Å². The van der Waals surface area contributed by atoms with E-state index in [2.05, 4.69) is 39.0 Å². The minimum absolute atomic E-state index is 0.106. The van der Waals surface area contributed by atoms with Gasteiger partial charge < -0.3 is 9.84 Å². The molecular weight excluding hydrogens is 368 g/mol. The predicted octanol–water partition coefficient (Wildman–Crippen LogP) is 4.66. The van der Waals surface area contributed by atoms with E-state index in [0.717, 1.165) is 35.7 Å². The van der Waals surface area contributed by atoms with E-state index in [4.69, 9.17) is 9.72 Å². The Balaban J connectivity index is 1.54. The molecule has 0 bridgehead atoms. The zero-order chi connectivity index (χ0) is 20.1. The van der Waals surface area contributed by atoms with Gasteiger partial charge in [0.1, 0.15) is 23.5 Å². The summed E-state index contributed by atoms with van der Waals surface area (Å²) in [5.74, 6) is 1.20. The number of nitrogens with zero attached hydrogens (tertiary/aromatic N) is 2. The Labute approximate surface area is 172 Å². The maximum Gasteiger partial charge on any atom is 0.119 e. The van der Waals surface area contributed by atoms with Gasteiger partial charge in [0.2, 0.25) is 0 Å². The largest absolute Gasteiger partial charge is 0.491 e. The Morgan fingerprint density at radius 2 is 1.93 bits per heavy atom. The van der Waals surface area contributed by atoms with E-state index in [1.807, 2.05) is 18.2 Å². The van der Waals surface area contributed by atoms with Gasteiger partial charge in [-0.2, -0.15) is 5.26 Å². The van der Waals surface area contributed by atoms with Crippen LogP contribution in [0.1, 0.15) is 56.0 Å². The third-order valence-corrected chi connectivity index (χ3v) is 6.10. The number of thioether (sulfide) groups is 1. The summed E-state index contributed by atoms with van der Waals surface area (Å²) in [4.78, 5) is 4.70. The van der Waals surface area contributed by atoms with Crippen molar-refractivity contribution >= 4 is 11.8 Å². The highest BCUT2D eigenvalue weighted by molar-refractivity contribution is 7.99. The molecule has 0 aliphatic heterocycles. The molecule has 1 aliphatic carbocycles. The van der Waals surface area contributed by atoms with Gasteiger partial charge in [-0.25, -0.2) is 4.98 Å². The lowest BCUT2D eigenvalue weighted by Crippen LogP contribution is -2.20. The van der Waals surface area contributed by atoms with Crippen LogP contribution >= 0.6 is 11.8 Å². The van der Waals surface area contributed by atoms with Gasteiger partial charge in [0.15, 0.2) is 0 Å². The van der Waals surface area contributed by atoms with E-state index in [1.54, 1.807) is 0 Å². The van der Waals surface area contributed by atoms with Crippen LogP contribution in [-0.2, 0) is 18.3 Å². The van der Waals surface area contributed by atoms with Gasteiger partial charge >= 0.3 is 0 Å². The van der Waals surface area contributed by atoms with Crippen LogP contribution in [0, 0.1) is 11.3 Å². The first-order valence-electron chi connectivity index (χ1n) is 9.84. The van der Waals surface area contributed by atoms with Crippen LogP contribution in [0.5, 0.6) is 5.75 Å². The lowest BCUT2D eigenvalue weighted by atomic mass is 9.87. The molecule has 2 aromatic rings. The first-order chi connectivity index (χ1) is 13.4. The number of nitriles is 1. The summed E-state index contributed by atoms with van der Waals surface area (Å²) in [6.45, 7) is 6.74. The van der Waals surface area contributed by atoms with Crippen molar-refractivity contribution in [2.75, 3.05) is 12.4 Å². The van der Waals surface area contributed by atoms with Crippen molar-refractivity contribution in [1.82, 2.24) is 4.98 Å². The molecule has 148 valence electrons. The summed E-state index contributed by atoms with van der Waals surface area (Å²) >= 11 is 1.43. The molecule has 0 spiro atoms. The molecule has 0 fully saturated rings. The third-order valence-electron chi connectivity index (χ3n) is 4.96. The number of hydrogen-bond acceptors (Lipinski definition) is 5. The number of aliphatic hydroxyl groups is 1. The topological polar surface area (TPSA) is 66.1 Å². The van der Waals surface area contributed by atoms with Crippen molar-refractivity contribution in [2.45, 2.75) is 63.0 Å². The first-order valence-corrected chi connectivity index (χ1v) is 10.8. The van der Waals surface area contributed by atoms with Crippen LogP contribution in [0.15, 0.2) is 35.4 Å². The Hall–Kier alpha value is -2.03. The number of aryl methyl sites for hydroxylation is 2. The van der Waals surface area contributed by atoms with Gasteiger partial charge in [0, 0.05) is 11.4 Å². The summed E-state index contributed by atoms with van der Waals surface area (Å²) in [5.41, 5.74) is 4.27. The van der Waals surface area contributed by atoms with Crippen molar-refractivity contribution in [2.24, 2.45) is 0 Å². The van der Waals surface area contributed by atoms with Gasteiger partial charge in [-0.3, -0.25) is 0 Å². The molecule has 5 heteroatoms. The number of aliphatic hydroxyl groups excluding tert-OH is 1. The molecule has 1 N–H and O–H groups in total. The van der Waals surface area contributed by atoms with Crippen LogP contribution in [0.3, 0.4) is 0 Å². The highest BCUT2D eigenvalue weighted by Crippen LogP contribution is 2.28. The Morgan fingerprint density at radius 1 is 1.21 bits per heavy atom. The second-order valence-corrected chi connectivity index (χ2v) is 9.32. The predicted molar refractivity (Wildman–Crippen MR) is 113 cm³/mol. The van der Waals surface area contributed by atoms with E-state index >= 15 is 0 Å². The van der Waals surface area contributed by atoms with E-state index in [9.17, 15) is 10.4 Å². The molecule has 4 nitrogen and oxygen atoms in total. The lowest BCUT2D eigenvalue weighted by molar-refractivity contribution is 0.126. The van der Waals surface area contributed by atoms with Crippen molar-refractivity contribution in [1.29, 1.82) is 5.26 Å². The molecule has 0 saturated carbocycles. The fraction of sp³-hybridized carbons (Fsp3) is 0.478. The summed E-state index contributed by atoms with van der Waals surface area (Å²) in [6, 6.07) is 12.2. The number of hydrogen-bond donors (Lipinski definition) is 1. The van der Waals surface area contributed by atoms with E-state index in [1.165, 1.54) is 29.3 Å². The highest BCUT2D eigenvalue weighted by atomic mass is 32.2. The molecule has 0 unspecified atom stereocenters. The standard InChI is InChI=1S/C23H28N2O2S/c1-23(2,3)18-8-10-20(11-9-18)27-14-19(26)15-28-22-17(13-24)12-16-6-4-5-7-21(16)25-22/h8-12,19,26H,4-7,14-15H2,1-3H3/t19-/m0/s1. The van der Waals surface area contributed by atoms with Gasteiger partial charge in [-0.1, -0.05) is 32.9 Å². The van der Waals surface area contributed by atoms with E-state index in [-0.39, 0.29) is 12.0 Å². The normalized spacial score (nSPS) is 14.8. The monoisotopic (exact) mass is 396 g/mol. The van der Waals surface area contributed by atoms with E-state index in [0.29, 0.717) is 11.3 Å². The third kappa shape index (κ3) is 5.27. The minimum Gasteiger partial charge on any atom is -0.491 e. The number of benzene rings is 1. The fourth-order valence-electron chi connectivity index (χ4n) is 3.27. The molecule has 0 saturated heterocycles. The number of rotatable bonds is 6. The fourth-order valence-corrected chi connectivity index (χ4v) is 4.15. The average molecular weight is 397 g/mol. The van der Waals surface area contributed by atoms with Crippen molar-refractivity contribution in [3.05, 3.63) is 52.7 Å². The Kier molecular flexibility index (Phi) is 6.64. The highest BCUT2D eigenvalue weighted by Gasteiger charge is 2.17. The van der Waals surface area contributed by atoms with Gasteiger partial charge in [-0.05, 0) is 60.4 Å². The lowest BCUT2D eigenvalue weighted by Gasteiger charge is -2.19. The average Bonchev–Trinajstić information content (AvgIpc) is 2.69. The summed E-state index contributed by atoms with van der Waals surface area (Å²) in [6.07, 6.45) is 3.67. The summed E-state index contributed by atoms with van der Waals surface area (Å²) in [5, 5.41) is 20.4. The van der Waals surface area contributed by atoms with Crippen molar-refractivity contribution in [3.63, 3.8) is 0 Å². The van der Waals surface area contributed by atoms with Crippen LogP contribution in [0.25, 0.3) is 0 Å². The number of pyridine rings is 1. The Bertz CT molecular complexity index is 851. The summed E-state index contributed by atoms with van der Waals surface area (Å²) in [7, 11) is 0. The number of ether oxygens (including phenoxy) is 1. The molecule has 1 atom stereocenters. The smallest absolute Gasteiger partial charge is 0.119 e. The van der Waals surface area contributed by atoms with Crippen LogP contribution in [-0.4, -0.2) is 28.6 Å². The molecule has 1 aromatic carbocycles. The number of fused-ring (bicyclic) bond motifs is 1. The van der Waals surface area contributed by atoms with Crippen molar-refractivity contribution in [3.8, 4) is 11.8 Å². The molecule has 0 amide bonds. The van der Waals surface area contributed by atoms with Crippen LogP contribution in [0.4, 0.5) is 0 Å². The van der Waals surface area contributed by atoms with E-state index < -0.39 is 6.10 Å². The van der Waals surface area contributed by atoms with Gasteiger partial charge in [0.05, 0.1) is 11.7 Å². The first kappa shape index (κ1) is 20.7. The van der Waals surface area contributed by atoms with Crippen LogP contribution in [0.2, 0.25) is 0 Å². The zero-order valence-electron chi connectivity index (χ0n) is 16.9. The SMILES string of the molecule is CC(C)(C)c1ccc(OC[C@H](O)CSc2nc3c(cc2C#N)CCCC3)cc1. The second kappa shape index (κ2) is 8.98. The van der Waals surface area contributed by atoms with Gasteiger partial charge in [0.25, 0.3) is 0 Å². The molecule has 3 rings (SSSR count). The second-order valence-electron chi connectivity index (χ2n) is 8.32. The number of aromatic nitrogens is 1.